The Morgan fingerprint density at radius 3 is 2.56 bits per heavy atom. The van der Waals surface area contributed by atoms with Gasteiger partial charge in [-0.2, -0.15) is 0 Å². The average Bonchev–Trinajstić information content (AvgIpc) is 2.26. The molecule has 1 amide bonds. The van der Waals surface area contributed by atoms with Crippen molar-refractivity contribution in [1.29, 1.82) is 0 Å². The van der Waals surface area contributed by atoms with Crippen LogP contribution in [0.15, 0.2) is 16.9 Å². The maximum Gasteiger partial charge on any atom is 0.216 e. The zero-order valence-electron chi connectivity index (χ0n) is 8.59. The van der Waals surface area contributed by atoms with Crippen LogP contribution >= 0.6 is 15.9 Å². The average molecular weight is 290 g/mol. The molecule has 1 aromatic rings. The minimum absolute atomic E-state index is 0.0457. The largest absolute Gasteiger partial charge is 0.388 e. The number of aliphatic hydroxyl groups excluding tert-OH is 2. The highest BCUT2D eigenvalue weighted by Gasteiger charge is 2.20. The monoisotopic (exact) mass is 289 g/mol. The highest BCUT2D eigenvalue weighted by Crippen LogP contribution is 2.13. The van der Waals surface area contributed by atoms with Crippen LogP contribution < -0.4 is 5.32 Å². The van der Waals surface area contributed by atoms with Crippen LogP contribution in [0.1, 0.15) is 18.9 Å². The number of nitrogens with zero attached hydrogens (tertiary/aromatic N) is 2. The predicted molar refractivity (Wildman–Crippen MR) is 59.4 cm³/mol. The van der Waals surface area contributed by atoms with E-state index in [0.717, 1.165) is 0 Å². The van der Waals surface area contributed by atoms with E-state index >= 15 is 0 Å². The maximum atomic E-state index is 10.6. The molecule has 16 heavy (non-hydrogen) atoms. The Morgan fingerprint density at radius 1 is 1.50 bits per heavy atom. The lowest BCUT2D eigenvalue weighted by Crippen LogP contribution is -2.34. The third kappa shape index (κ3) is 3.84. The van der Waals surface area contributed by atoms with Gasteiger partial charge in [-0.3, -0.25) is 4.79 Å². The van der Waals surface area contributed by atoms with Crippen molar-refractivity contribution in [3.63, 3.8) is 0 Å². The molecule has 0 aliphatic heterocycles. The van der Waals surface area contributed by atoms with E-state index < -0.39 is 12.2 Å². The molecule has 7 heteroatoms. The number of halogens is 1. The second-order valence-corrected chi connectivity index (χ2v) is 4.12. The van der Waals surface area contributed by atoms with Gasteiger partial charge in [0.2, 0.25) is 5.91 Å². The standard InChI is InChI=1S/C9H12BrN3O3/c1-5(14)11-4-7(15)8(16)9-12-2-6(10)3-13-9/h2-3,7-8,15-16H,4H2,1H3,(H,11,14). The molecule has 0 spiro atoms. The summed E-state index contributed by atoms with van der Waals surface area (Å²) in [5, 5.41) is 21.6. The van der Waals surface area contributed by atoms with Gasteiger partial charge in [0.15, 0.2) is 5.82 Å². The molecular weight excluding hydrogens is 278 g/mol. The quantitative estimate of drug-likeness (QED) is 0.712. The molecule has 0 aliphatic rings. The SMILES string of the molecule is CC(=O)NCC(O)C(O)c1ncc(Br)cn1. The number of aromatic nitrogens is 2. The fourth-order valence-electron chi connectivity index (χ4n) is 1.01. The molecule has 0 fully saturated rings. The summed E-state index contributed by atoms with van der Waals surface area (Å²) in [6.07, 6.45) is 0.581. The molecule has 3 N–H and O–H groups in total. The lowest BCUT2D eigenvalue weighted by Gasteiger charge is -2.16. The van der Waals surface area contributed by atoms with Gasteiger partial charge in [0, 0.05) is 25.9 Å². The first-order valence-corrected chi connectivity index (χ1v) is 5.38. The van der Waals surface area contributed by atoms with Crippen molar-refractivity contribution < 1.29 is 15.0 Å². The molecule has 1 rings (SSSR count). The van der Waals surface area contributed by atoms with Crippen LogP contribution in [0.2, 0.25) is 0 Å². The van der Waals surface area contributed by atoms with Crippen LogP contribution in [-0.4, -0.2) is 38.7 Å². The summed E-state index contributed by atoms with van der Waals surface area (Å²) in [7, 11) is 0. The van der Waals surface area contributed by atoms with Crippen molar-refractivity contribution in [2.45, 2.75) is 19.1 Å². The molecule has 88 valence electrons. The van der Waals surface area contributed by atoms with Crippen LogP contribution in [0, 0.1) is 0 Å². The van der Waals surface area contributed by atoms with E-state index in [1.165, 1.54) is 19.3 Å². The lowest BCUT2D eigenvalue weighted by atomic mass is 10.2. The second kappa shape index (κ2) is 5.88. The molecular formula is C9H12BrN3O3. The van der Waals surface area contributed by atoms with Gasteiger partial charge in [-0.25, -0.2) is 9.97 Å². The summed E-state index contributed by atoms with van der Waals surface area (Å²) in [4.78, 5) is 18.3. The molecule has 0 aromatic carbocycles. The van der Waals surface area contributed by atoms with E-state index in [-0.39, 0.29) is 18.3 Å². The Bertz CT molecular complexity index is 358. The van der Waals surface area contributed by atoms with Gasteiger partial charge in [-0.1, -0.05) is 0 Å². The van der Waals surface area contributed by atoms with Crippen LogP contribution in [0.3, 0.4) is 0 Å². The number of carbonyl (C=O) groups excluding carboxylic acids is 1. The van der Waals surface area contributed by atoms with Crippen LogP contribution in [0.5, 0.6) is 0 Å². The second-order valence-electron chi connectivity index (χ2n) is 3.21. The molecule has 1 aromatic heterocycles. The Balaban J connectivity index is 2.59. The third-order valence-electron chi connectivity index (χ3n) is 1.83. The topological polar surface area (TPSA) is 95.3 Å². The van der Waals surface area contributed by atoms with E-state index in [4.69, 9.17) is 0 Å². The van der Waals surface area contributed by atoms with Crippen molar-refractivity contribution in [3.05, 3.63) is 22.7 Å². The zero-order valence-corrected chi connectivity index (χ0v) is 10.2. The van der Waals surface area contributed by atoms with Gasteiger partial charge < -0.3 is 15.5 Å². The van der Waals surface area contributed by atoms with Crippen molar-refractivity contribution in [3.8, 4) is 0 Å². The van der Waals surface area contributed by atoms with Crippen molar-refractivity contribution in [2.24, 2.45) is 0 Å². The fourth-order valence-corrected chi connectivity index (χ4v) is 1.21. The molecule has 6 nitrogen and oxygen atoms in total. The van der Waals surface area contributed by atoms with Crippen LogP contribution in [-0.2, 0) is 4.79 Å². The van der Waals surface area contributed by atoms with Crippen molar-refractivity contribution in [2.75, 3.05) is 6.54 Å². The first-order valence-electron chi connectivity index (χ1n) is 4.58. The van der Waals surface area contributed by atoms with Crippen LogP contribution in [0.25, 0.3) is 0 Å². The number of amides is 1. The van der Waals surface area contributed by atoms with Gasteiger partial charge in [0.05, 0.1) is 4.47 Å². The van der Waals surface area contributed by atoms with Gasteiger partial charge >= 0.3 is 0 Å². The minimum atomic E-state index is -1.22. The predicted octanol–water partition coefficient (Wildman–Crippen LogP) is -0.231. The van der Waals surface area contributed by atoms with E-state index in [0.29, 0.717) is 4.47 Å². The van der Waals surface area contributed by atoms with E-state index in [9.17, 15) is 15.0 Å². The third-order valence-corrected chi connectivity index (χ3v) is 2.24. The molecule has 0 saturated heterocycles. The molecule has 0 saturated carbocycles. The van der Waals surface area contributed by atoms with Crippen molar-refractivity contribution in [1.82, 2.24) is 15.3 Å². The van der Waals surface area contributed by atoms with E-state index in [2.05, 4.69) is 31.2 Å². The molecule has 1 heterocycles. The summed E-state index contributed by atoms with van der Waals surface area (Å²) in [5.74, 6) is -0.163. The molecule has 0 bridgehead atoms. The Kier molecular flexibility index (Phi) is 4.78. The number of carbonyl (C=O) groups is 1. The number of nitrogens with one attached hydrogen (secondary N) is 1. The highest BCUT2D eigenvalue weighted by molar-refractivity contribution is 9.10. The number of hydrogen-bond donors (Lipinski definition) is 3. The molecule has 0 radical (unpaired) electrons. The Hall–Kier alpha value is -1.05. The number of rotatable bonds is 4. The smallest absolute Gasteiger partial charge is 0.216 e. The first kappa shape index (κ1) is 13.0. The zero-order chi connectivity index (χ0) is 12.1. The summed E-state index contributed by atoms with van der Waals surface area (Å²) in [6, 6.07) is 0. The number of hydrogen-bond acceptors (Lipinski definition) is 5. The molecule has 0 aliphatic carbocycles. The first-order chi connectivity index (χ1) is 7.50. The van der Waals surface area contributed by atoms with E-state index in [1.807, 2.05) is 0 Å². The lowest BCUT2D eigenvalue weighted by molar-refractivity contribution is -0.119. The van der Waals surface area contributed by atoms with Crippen LogP contribution in [0.4, 0.5) is 0 Å². The molecule has 2 atom stereocenters. The molecule has 2 unspecified atom stereocenters. The van der Waals surface area contributed by atoms with E-state index in [1.54, 1.807) is 0 Å². The normalized spacial score (nSPS) is 14.2. The highest BCUT2D eigenvalue weighted by atomic mass is 79.9. The number of aliphatic hydroxyl groups is 2. The van der Waals surface area contributed by atoms with Gasteiger partial charge in [0.25, 0.3) is 0 Å². The summed E-state index contributed by atoms with van der Waals surface area (Å²) >= 11 is 3.16. The van der Waals surface area contributed by atoms with Gasteiger partial charge in [-0.15, -0.1) is 0 Å². The van der Waals surface area contributed by atoms with Gasteiger partial charge in [0.1, 0.15) is 12.2 Å². The summed E-state index contributed by atoms with van der Waals surface area (Å²) in [6.45, 7) is 1.28. The minimum Gasteiger partial charge on any atom is -0.388 e. The summed E-state index contributed by atoms with van der Waals surface area (Å²) in [5.41, 5.74) is 0. The fraction of sp³-hybridized carbons (Fsp3) is 0.444. The Labute approximate surface area is 101 Å². The summed E-state index contributed by atoms with van der Waals surface area (Å²) < 4.78 is 0.680. The Morgan fingerprint density at radius 2 is 2.06 bits per heavy atom. The maximum absolute atomic E-state index is 10.6. The van der Waals surface area contributed by atoms with Crippen molar-refractivity contribution >= 4 is 21.8 Å². The van der Waals surface area contributed by atoms with Gasteiger partial charge in [-0.05, 0) is 15.9 Å².